The number of anilines is 1. The van der Waals surface area contributed by atoms with Gasteiger partial charge in [-0.05, 0) is 55.0 Å². The van der Waals surface area contributed by atoms with Crippen molar-refractivity contribution in [2.75, 3.05) is 19.0 Å². The van der Waals surface area contributed by atoms with Gasteiger partial charge in [-0.2, -0.15) is 0 Å². The quantitative estimate of drug-likeness (QED) is 0.717. The Hall–Kier alpha value is -2.82. The van der Waals surface area contributed by atoms with E-state index in [-0.39, 0.29) is 11.8 Å². The Morgan fingerprint density at radius 2 is 1.48 bits per heavy atom. The van der Waals surface area contributed by atoms with Gasteiger partial charge in [-0.1, -0.05) is 19.8 Å². The highest BCUT2D eigenvalue weighted by Gasteiger charge is 2.09. The van der Waals surface area contributed by atoms with Crippen LogP contribution in [0.2, 0.25) is 0 Å². The maximum atomic E-state index is 12.3. The Morgan fingerprint density at radius 3 is 2.04 bits per heavy atom. The van der Waals surface area contributed by atoms with Crippen molar-refractivity contribution >= 4 is 17.5 Å². The summed E-state index contributed by atoms with van der Waals surface area (Å²) in [6.45, 7) is 2.80. The molecule has 0 spiro atoms. The SMILES string of the molecule is CCCCCNC(=O)c1ccc(C(=O)Nc2ccc(OC)cc2)cc1. The topological polar surface area (TPSA) is 67.4 Å². The zero-order valence-corrected chi connectivity index (χ0v) is 14.7. The Bertz CT molecular complexity index is 694. The van der Waals surface area contributed by atoms with Crippen LogP contribution in [0.3, 0.4) is 0 Å². The van der Waals surface area contributed by atoms with Gasteiger partial charge >= 0.3 is 0 Å². The van der Waals surface area contributed by atoms with Gasteiger partial charge in [0.2, 0.25) is 0 Å². The first kappa shape index (κ1) is 18.5. The molecule has 0 bridgehead atoms. The molecule has 0 aliphatic carbocycles. The van der Waals surface area contributed by atoms with Crippen LogP contribution in [0.25, 0.3) is 0 Å². The number of carbonyl (C=O) groups is 2. The second kappa shape index (κ2) is 9.47. The molecule has 2 rings (SSSR count). The third-order valence-corrected chi connectivity index (χ3v) is 3.82. The number of unbranched alkanes of at least 4 members (excludes halogenated alkanes) is 2. The number of hydrogen-bond donors (Lipinski definition) is 2. The molecule has 0 aliphatic heterocycles. The van der Waals surface area contributed by atoms with Crippen molar-refractivity contribution in [3.05, 3.63) is 59.7 Å². The minimum Gasteiger partial charge on any atom is -0.497 e. The predicted octanol–water partition coefficient (Wildman–Crippen LogP) is 3.87. The molecular weight excluding hydrogens is 316 g/mol. The van der Waals surface area contributed by atoms with Gasteiger partial charge in [-0.15, -0.1) is 0 Å². The first-order chi connectivity index (χ1) is 12.1. The molecule has 2 amide bonds. The summed E-state index contributed by atoms with van der Waals surface area (Å²) in [5.41, 5.74) is 1.74. The number of hydrogen-bond acceptors (Lipinski definition) is 3. The first-order valence-electron chi connectivity index (χ1n) is 8.47. The number of rotatable bonds is 8. The van der Waals surface area contributed by atoms with Crippen molar-refractivity contribution in [1.82, 2.24) is 5.32 Å². The Balaban J connectivity index is 1.91. The van der Waals surface area contributed by atoms with Crippen molar-refractivity contribution in [3.63, 3.8) is 0 Å². The summed E-state index contributed by atoms with van der Waals surface area (Å²) >= 11 is 0. The number of methoxy groups -OCH3 is 1. The van der Waals surface area contributed by atoms with E-state index < -0.39 is 0 Å². The van der Waals surface area contributed by atoms with Crippen LogP contribution in [0.4, 0.5) is 5.69 Å². The predicted molar refractivity (Wildman–Crippen MR) is 99.2 cm³/mol. The summed E-state index contributed by atoms with van der Waals surface area (Å²) in [6, 6.07) is 13.7. The minimum absolute atomic E-state index is 0.113. The number of carbonyl (C=O) groups excluding carboxylic acids is 2. The van der Waals surface area contributed by atoms with Crippen LogP contribution < -0.4 is 15.4 Å². The molecule has 0 unspecified atom stereocenters. The van der Waals surface area contributed by atoms with E-state index in [1.807, 2.05) is 0 Å². The smallest absolute Gasteiger partial charge is 0.255 e. The fourth-order valence-corrected chi connectivity index (χ4v) is 2.33. The largest absolute Gasteiger partial charge is 0.497 e. The first-order valence-corrected chi connectivity index (χ1v) is 8.47. The lowest BCUT2D eigenvalue weighted by molar-refractivity contribution is 0.0951. The summed E-state index contributed by atoms with van der Waals surface area (Å²) < 4.78 is 5.09. The van der Waals surface area contributed by atoms with Gasteiger partial charge in [0.05, 0.1) is 7.11 Å². The lowest BCUT2D eigenvalue weighted by atomic mass is 10.1. The molecule has 0 atom stereocenters. The van der Waals surface area contributed by atoms with E-state index in [4.69, 9.17) is 4.74 Å². The fraction of sp³-hybridized carbons (Fsp3) is 0.300. The van der Waals surface area contributed by atoms with Gasteiger partial charge in [0, 0.05) is 23.4 Å². The highest BCUT2D eigenvalue weighted by Crippen LogP contribution is 2.16. The summed E-state index contributed by atoms with van der Waals surface area (Å²) in [6.07, 6.45) is 3.20. The minimum atomic E-state index is -0.222. The molecule has 0 aliphatic rings. The third kappa shape index (κ3) is 5.64. The van der Waals surface area contributed by atoms with E-state index in [0.717, 1.165) is 25.0 Å². The van der Waals surface area contributed by atoms with Gasteiger partial charge in [0.1, 0.15) is 5.75 Å². The Labute approximate surface area is 148 Å². The van der Waals surface area contributed by atoms with E-state index >= 15 is 0 Å². The lowest BCUT2D eigenvalue weighted by Gasteiger charge is -2.08. The molecule has 0 radical (unpaired) electrons. The molecule has 5 nitrogen and oxygen atoms in total. The number of nitrogens with one attached hydrogen (secondary N) is 2. The third-order valence-electron chi connectivity index (χ3n) is 3.82. The average Bonchev–Trinajstić information content (AvgIpc) is 2.66. The van der Waals surface area contributed by atoms with Gasteiger partial charge < -0.3 is 15.4 Å². The molecule has 0 saturated heterocycles. The average molecular weight is 340 g/mol. The van der Waals surface area contributed by atoms with Crippen LogP contribution in [-0.2, 0) is 0 Å². The van der Waals surface area contributed by atoms with E-state index in [1.165, 1.54) is 0 Å². The summed E-state index contributed by atoms with van der Waals surface area (Å²) in [4.78, 5) is 24.3. The number of benzene rings is 2. The molecule has 5 heteroatoms. The molecule has 25 heavy (non-hydrogen) atoms. The summed E-state index contributed by atoms with van der Waals surface area (Å²) in [7, 11) is 1.59. The van der Waals surface area contributed by atoms with Crippen molar-refractivity contribution in [3.8, 4) is 5.75 Å². The van der Waals surface area contributed by atoms with Crippen LogP contribution in [0.5, 0.6) is 5.75 Å². The zero-order chi connectivity index (χ0) is 18.1. The van der Waals surface area contributed by atoms with Crippen molar-refractivity contribution in [1.29, 1.82) is 0 Å². The molecule has 0 aromatic heterocycles. The monoisotopic (exact) mass is 340 g/mol. The molecule has 132 valence electrons. The molecule has 2 aromatic rings. The Kier molecular flexibility index (Phi) is 7.01. The number of ether oxygens (including phenoxy) is 1. The van der Waals surface area contributed by atoms with E-state index in [2.05, 4.69) is 17.6 Å². The highest BCUT2D eigenvalue weighted by molar-refractivity contribution is 6.05. The molecule has 0 saturated carbocycles. The van der Waals surface area contributed by atoms with E-state index in [1.54, 1.807) is 55.6 Å². The molecule has 0 heterocycles. The normalized spacial score (nSPS) is 10.2. The second-order valence-electron chi connectivity index (χ2n) is 5.72. The van der Waals surface area contributed by atoms with Crippen LogP contribution in [0, 0.1) is 0 Å². The van der Waals surface area contributed by atoms with Gasteiger partial charge in [0.15, 0.2) is 0 Å². The maximum Gasteiger partial charge on any atom is 0.255 e. The van der Waals surface area contributed by atoms with Crippen LogP contribution in [0.15, 0.2) is 48.5 Å². The van der Waals surface area contributed by atoms with Crippen LogP contribution in [0.1, 0.15) is 46.9 Å². The van der Waals surface area contributed by atoms with Crippen LogP contribution in [-0.4, -0.2) is 25.5 Å². The highest BCUT2D eigenvalue weighted by atomic mass is 16.5. The zero-order valence-electron chi connectivity index (χ0n) is 14.7. The summed E-state index contributed by atoms with van der Waals surface area (Å²) in [5, 5.41) is 5.69. The fourth-order valence-electron chi connectivity index (χ4n) is 2.33. The Morgan fingerprint density at radius 1 is 0.880 bits per heavy atom. The van der Waals surface area contributed by atoms with Gasteiger partial charge in [-0.3, -0.25) is 9.59 Å². The maximum absolute atomic E-state index is 12.3. The van der Waals surface area contributed by atoms with E-state index in [0.29, 0.717) is 23.4 Å². The van der Waals surface area contributed by atoms with Crippen molar-refractivity contribution in [2.45, 2.75) is 26.2 Å². The van der Waals surface area contributed by atoms with Gasteiger partial charge in [-0.25, -0.2) is 0 Å². The molecule has 2 N–H and O–H groups in total. The van der Waals surface area contributed by atoms with E-state index in [9.17, 15) is 9.59 Å². The molecule has 2 aromatic carbocycles. The van der Waals surface area contributed by atoms with Crippen molar-refractivity contribution < 1.29 is 14.3 Å². The van der Waals surface area contributed by atoms with Gasteiger partial charge in [0.25, 0.3) is 11.8 Å². The second-order valence-corrected chi connectivity index (χ2v) is 5.72. The molecular formula is C20H24N2O3. The standard InChI is InChI=1S/C20H24N2O3/c1-3-4-5-14-21-19(23)15-6-8-16(9-7-15)20(24)22-17-10-12-18(25-2)13-11-17/h6-13H,3-5,14H2,1-2H3,(H,21,23)(H,22,24). The number of amides is 2. The van der Waals surface area contributed by atoms with Crippen LogP contribution >= 0.6 is 0 Å². The molecule has 0 fully saturated rings. The summed E-state index contributed by atoms with van der Waals surface area (Å²) in [5.74, 6) is 0.394. The lowest BCUT2D eigenvalue weighted by Crippen LogP contribution is -2.24. The van der Waals surface area contributed by atoms with Crippen molar-refractivity contribution in [2.24, 2.45) is 0 Å².